The number of halogens is 1. The van der Waals surface area contributed by atoms with Gasteiger partial charge in [0.15, 0.2) is 0 Å². The van der Waals surface area contributed by atoms with Crippen LogP contribution in [0.15, 0.2) is 24.4 Å². The molecule has 4 nitrogen and oxygen atoms in total. The first-order valence-corrected chi connectivity index (χ1v) is 9.99. The molecule has 1 unspecified atom stereocenters. The topological polar surface area (TPSA) is 39.9 Å². The normalized spacial score (nSPS) is 11.0. The molecule has 2 heterocycles. The maximum Gasteiger partial charge on any atom is 0.338 e. The van der Waals surface area contributed by atoms with E-state index in [-0.39, 0.29) is 18.7 Å². The SMILES string of the molecule is C#CCBr.C#CCOC(CC)c1c(C)c(C(=O)OCCC)cc2cccn12. The van der Waals surface area contributed by atoms with Gasteiger partial charge in [-0.05, 0) is 43.5 Å². The highest BCUT2D eigenvalue weighted by molar-refractivity contribution is 9.09. The summed E-state index contributed by atoms with van der Waals surface area (Å²) in [6.45, 7) is 6.61. The minimum atomic E-state index is -0.291. The second-order valence-electron chi connectivity index (χ2n) is 5.76. The lowest BCUT2D eigenvalue weighted by molar-refractivity contribution is 0.0501. The average molecular weight is 432 g/mol. The van der Waals surface area contributed by atoms with Crippen LogP contribution in [0.2, 0.25) is 0 Å². The van der Waals surface area contributed by atoms with Crippen LogP contribution in [0, 0.1) is 31.6 Å². The largest absolute Gasteiger partial charge is 0.462 e. The van der Waals surface area contributed by atoms with Gasteiger partial charge >= 0.3 is 5.97 Å². The standard InChI is InChI=1S/C19H23NO3.C3H3Br/c1-5-11-22-17(7-3)18-14(4)16(19(21)23-12-6-2)13-15-9-8-10-20(15)18;1-2-3-4/h1,8-10,13,17H,6-7,11-12H2,2-4H3;1H,3H2. The van der Waals surface area contributed by atoms with Crippen LogP contribution < -0.4 is 0 Å². The van der Waals surface area contributed by atoms with E-state index in [4.69, 9.17) is 22.3 Å². The van der Waals surface area contributed by atoms with Crippen molar-refractivity contribution in [2.24, 2.45) is 0 Å². The second-order valence-corrected chi connectivity index (χ2v) is 6.32. The number of carbonyl (C=O) groups excluding carboxylic acids is 1. The quantitative estimate of drug-likeness (QED) is 0.354. The van der Waals surface area contributed by atoms with Crippen molar-refractivity contribution < 1.29 is 14.3 Å². The molecule has 1 atom stereocenters. The van der Waals surface area contributed by atoms with Gasteiger partial charge in [-0.2, -0.15) is 0 Å². The van der Waals surface area contributed by atoms with Gasteiger partial charge in [-0.25, -0.2) is 4.79 Å². The average Bonchev–Trinajstić information content (AvgIpc) is 3.15. The van der Waals surface area contributed by atoms with Gasteiger partial charge in [0, 0.05) is 11.7 Å². The van der Waals surface area contributed by atoms with E-state index in [0.29, 0.717) is 17.5 Å². The Labute approximate surface area is 170 Å². The molecule has 0 amide bonds. The summed E-state index contributed by atoms with van der Waals surface area (Å²) in [6.07, 6.45) is 13.4. The Morgan fingerprint density at radius 2 is 2.04 bits per heavy atom. The van der Waals surface area contributed by atoms with Crippen molar-refractivity contribution in [3.63, 3.8) is 0 Å². The number of esters is 1. The molecule has 0 aliphatic heterocycles. The molecule has 0 saturated heterocycles. The highest BCUT2D eigenvalue weighted by Gasteiger charge is 2.22. The molecule has 0 aromatic carbocycles. The first kappa shape index (κ1) is 22.8. The van der Waals surface area contributed by atoms with E-state index in [2.05, 4.69) is 32.2 Å². The van der Waals surface area contributed by atoms with Crippen LogP contribution >= 0.6 is 15.9 Å². The van der Waals surface area contributed by atoms with Crippen molar-refractivity contribution in [3.8, 4) is 24.7 Å². The summed E-state index contributed by atoms with van der Waals surface area (Å²) in [4.78, 5) is 12.4. The van der Waals surface area contributed by atoms with Crippen LogP contribution in [0.3, 0.4) is 0 Å². The lowest BCUT2D eigenvalue weighted by Crippen LogP contribution is -2.15. The first-order chi connectivity index (χ1) is 13.0. The third-order valence-electron chi connectivity index (χ3n) is 3.90. The smallest absolute Gasteiger partial charge is 0.338 e. The Kier molecular flexibility index (Phi) is 10.3. The van der Waals surface area contributed by atoms with E-state index in [9.17, 15) is 4.79 Å². The summed E-state index contributed by atoms with van der Waals surface area (Å²) >= 11 is 3.01. The Hall–Kier alpha value is -2.21. The van der Waals surface area contributed by atoms with Gasteiger partial charge in [-0.15, -0.1) is 12.8 Å². The number of rotatable bonds is 7. The molecule has 0 radical (unpaired) electrons. The number of carbonyl (C=O) groups is 1. The minimum absolute atomic E-state index is 0.167. The number of alkyl halides is 1. The highest BCUT2D eigenvalue weighted by atomic mass is 79.9. The van der Waals surface area contributed by atoms with Gasteiger partial charge in [0.25, 0.3) is 0 Å². The molecule has 0 fully saturated rings. The van der Waals surface area contributed by atoms with Gasteiger partial charge < -0.3 is 13.9 Å². The number of fused-ring (bicyclic) bond motifs is 1. The monoisotopic (exact) mass is 431 g/mol. The van der Waals surface area contributed by atoms with Crippen LogP contribution in [0.1, 0.15) is 54.4 Å². The molecule has 0 N–H and O–H groups in total. The second kappa shape index (κ2) is 12.2. The maximum atomic E-state index is 12.4. The lowest BCUT2D eigenvalue weighted by atomic mass is 10.0. The van der Waals surface area contributed by atoms with Gasteiger partial charge in [0.1, 0.15) is 6.61 Å². The number of hydrogen-bond acceptors (Lipinski definition) is 3. The fraction of sp³-hybridized carbons (Fsp3) is 0.409. The summed E-state index contributed by atoms with van der Waals surface area (Å²) in [7, 11) is 0. The molecule has 0 spiro atoms. The van der Waals surface area contributed by atoms with E-state index in [1.165, 1.54) is 0 Å². The number of aromatic nitrogens is 1. The predicted molar refractivity (Wildman–Crippen MR) is 113 cm³/mol. The number of terminal acetylenes is 2. The molecule has 0 saturated carbocycles. The van der Waals surface area contributed by atoms with Gasteiger partial charge in [-0.1, -0.05) is 41.6 Å². The maximum absolute atomic E-state index is 12.4. The molecular formula is C22H26BrNO3. The van der Waals surface area contributed by atoms with Crippen molar-refractivity contribution in [3.05, 3.63) is 41.2 Å². The summed E-state index contributed by atoms with van der Waals surface area (Å²) in [6, 6.07) is 5.78. The zero-order valence-electron chi connectivity index (χ0n) is 16.1. The molecule has 2 aromatic heterocycles. The molecule has 144 valence electrons. The van der Waals surface area contributed by atoms with Crippen LogP contribution in [-0.2, 0) is 9.47 Å². The Morgan fingerprint density at radius 3 is 2.59 bits per heavy atom. The van der Waals surface area contributed by atoms with Crippen molar-refractivity contribution in [1.29, 1.82) is 0 Å². The molecule has 5 heteroatoms. The predicted octanol–water partition coefficient (Wildman–Crippen LogP) is 4.93. The Morgan fingerprint density at radius 1 is 1.33 bits per heavy atom. The van der Waals surface area contributed by atoms with Crippen LogP contribution in [-0.4, -0.2) is 28.9 Å². The van der Waals surface area contributed by atoms with Crippen molar-refractivity contribution in [2.45, 2.75) is 39.7 Å². The summed E-state index contributed by atoms with van der Waals surface area (Å²) in [5.41, 5.74) is 3.35. The first-order valence-electron chi connectivity index (χ1n) is 8.87. The minimum Gasteiger partial charge on any atom is -0.462 e. The van der Waals surface area contributed by atoms with Crippen LogP contribution in [0.4, 0.5) is 0 Å². The Balaban J connectivity index is 0.000000828. The van der Waals surface area contributed by atoms with E-state index >= 15 is 0 Å². The third-order valence-corrected chi connectivity index (χ3v) is 4.22. The molecule has 2 aromatic rings. The molecule has 0 aliphatic rings. The van der Waals surface area contributed by atoms with Crippen LogP contribution in [0.5, 0.6) is 0 Å². The van der Waals surface area contributed by atoms with E-state index in [0.717, 1.165) is 29.6 Å². The summed E-state index contributed by atoms with van der Waals surface area (Å²) in [5, 5.41) is 0.660. The van der Waals surface area contributed by atoms with Crippen LogP contribution in [0.25, 0.3) is 5.52 Å². The fourth-order valence-electron chi connectivity index (χ4n) is 2.73. The number of ether oxygens (including phenoxy) is 2. The summed E-state index contributed by atoms with van der Waals surface area (Å²) < 4.78 is 13.2. The zero-order valence-corrected chi connectivity index (χ0v) is 17.7. The van der Waals surface area contributed by atoms with E-state index in [1.54, 1.807) is 0 Å². The van der Waals surface area contributed by atoms with E-state index < -0.39 is 0 Å². The third kappa shape index (κ3) is 6.17. The Bertz CT molecular complexity index is 826. The van der Waals surface area contributed by atoms with Gasteiger partial charge in [0.05, 0.1) is 29.3 Å². The molecular weight excluding hydrogens is 406 g/mol. The highest BCUT2D eigenvalue weighted by Crippen LogP contribution is 2.29. The van der Waals surface area contributed by atoms with Gasteiger partial charge in [0.2, 0.25) is 0 Å². The van der Waals surface area contributed by atoms with Crippen molar-refractivity contribution in [2.75, 3.05) is 18.5 Å². The van der Waals surface area contributed by atoms with E-state index in [1.807, 2.05) is 45.2 Å². The van der Waals surface area contributed by atoms with Crippen molar-refractivity contribution in [1.82, 2.24) is 4.40 Å². The zero-order chi connectivity index (χ0) is 20.2. The molecule has 2 rings (SSSR count). The molecule has 0 aliphatic carbocycles. The van der Waals surface area contributed by atoms with Gasteiger partial charge in [-0.3, -0.25) is 0 Å². The van der Waals surface area contributed by atoms with Crippen molar-refractivity contribution >= 4 is 27.4 Å². The number of pyridine rings is 1. The number of nitrogens with zero attached hydrogens (tertiary/aromatic N) is 1. The fourth-order valence-corrected chi connectivity index (χ4v) is 2.73. The summed E-state index contributed by atoms with van der Waals surface area (Å²) in [5.74, 6) is 4.56. The number of hydrogen-bond donors (Lipinski definition) is 0. The molecule has 0 bridgehead atoms. The lowest BCUT2D eigenvalue weighted by Gasteiger charge is -2.21. The molecule has 27 heavy (non-hydrogen) atoms.